The van der Waals surface area contributed by atoms with E-state index < -0.39 is 102 Å². The summed E-state index contributed by atoms with van der Waals surface area (Å²) >= 11 is 4.09. The summed E-state index contributed by atoms with van der Waals surface area (Å²) in [6, 6.07) is -7.55. The van der Waals surface area contributed by atoms with Gasteiger partial charge in [0.05, 0.1) is 6.54 Å². The maximum Gasteiger partial charge on any atom is 0.245 e. The van der Waals surface area contributed by atoms with Crippen molar-refractivity contribution < 1.29 is 47.9 Å². The van der Waals surface area contributed by atoms with Crippen LogP contribution in [0, 0.1) is 11.8 Å². The van der Waals surface area contributed by atoms with Gasteiger partial charge in [0.15, 0.2) is 0 Å². The summed E-state index contributed by atoms with van der Waals surface area (Å²) in [5.41, 5.74) is 28.6. The number of hydrogen-bond acceptors (Lipinski definition) is 15. The van der Waals surface area contributed by atoms with Crippen LogP contribution in [0.3, 0.4) is 0 Å². The van der Waals surface area contributed by atoms with Crippen molar-refractivity contribution in [2.24, 2.45) is 40.5 Å². The van der Waals surface area contributed by atoms with Gasteiger partial charge in [0.25, 0.3) is 0 Å². The van der Waals surface area contributed by atoms with Gasteiger partial charge in [0, 0.05) is 31.7 Å². The van der Waals surface area contributed by atoms with E-state index in [-0.39, 0.29) is 68.6 Å². The molecule has 76 heavy (non-hydrogen) atoms. The van der Waals surface area contributed by atoms with Gasteiger partial charge >= 0.3 is 0 Å². The van der Waals surface area contributed by atoms with Crippen molar-refractivity contribution in [2.45, 2.75) is 198 Å². The van der Waals surface area contributed by atoms with Crippen molar-refractivity contribution in [3.8, 4) is 0 Å². The third kappa shape index (κ3) is 28.3. The maximum atomic E-state index is 14.9. The summed E-state index contributed by atoms with van der Waals surface area (Å²) in [6.45, 7) is 8.17. The molecule has 1 fully saturated rings. The van der Waals surface area contributed by atoms with Gasteiger partial charge in [-0.2, -0.15) is 12.6 Å². The van der Waals surface area contributed by atoms with E-state index in [2.05, 4.69) is 55.2 Å². The van der Waals surface area contributed by atoms with Gasteiger partial charge in [-0.3, -0.25) is 47.9 Å². The summed E-state index contributed by atoms with van der Waals surface area (Å²) in [7, 11) is 0. The normalized spacial score (nSPS) is 20.8. The first kappa shape index (κ1) is 68.9. The highest BCUT2D eigenvalue weighted by molar-refractivity contribution is 7.80. The van der Waals surface area contributed by atoms with Crippen LogP contribution in [0.25, 0.3) is 0 Å². The molecule has 0 aromatic carbocycles. The number of hydrogen-bond donors (Lipinski definition) is 14. The first-order valence-electron chi connectivity index (χ1n) is 27.6. The molecule has 25 heteroatoms. The average Bonchev–Trinajstić information content (AvgIpc) is 3.37. The Morgan fingerprint density at radius 2 is 1.11 bits per heavy atom. The molecule has 1 aliphatic heterocycles. The summed E-state index contributed by atoms with van der Waals surface area (Å²) in [5, 5.41) is 22.2. The zero-order chi connectivity index (χ0) is 57.0. The molecule has 0 unspecified atom stereocenters. The van der Waals surface area contributed by atoms with E-state index in [4.69, 9.17) is 28.7 Å². The zero-order valence-corrected chi connectivity index (χ0v) is 46.8. The molecule has 7 atom stereocenters. The smallest absolute Gasteiger partial charge is 0.245 e. The predicted molar refractivity (Wildman–Crippen MR) is 294 cm³/mol. The number of unbranched alkanes of at least 4 members (excludes halogenated alkanes) is 4. The Hall–Kier alpha value is -5.11. The molecule has 1 saturated heterocycles. The van der Waals surface area contributed by atoms with Crippen molar-refractivity contribution in [2.75, 3.05) is 51.6 Å². The topological polar surface area (TPSA) is 400 Å². The molecule has 1 aliphatic rings. The lowest BCUT2D eigenvalue weighted by Crippen LogP contribution is -2.59. The summed E-state index contributed by atoms with van der Waals surface area (Å²) in [6.07, 6.45) is 7.49. The lowest BCUT2D eigenvalue weighted by molar-refractivity contribution is -0.141. The third-order valence-electron chi connectivity index (χ3n) is 13.1. The number of thiol groups is 1. The minimum Gasteiger partial charge on any atom is -0.368 e. The van der Waals surface area contributed by atoms with Gasteiger partial charge < -0.3 is 76.1 Å². The summed E-state index contributed by atoms with van der Waals surface area (Å²) < 4.78 is 0. The van der Waals surface area contributed by atoms with E-state index in [1.807, 2.05) is 13.8 Å². The second kappa shape index (κ2) is 40.2. The van der Waals surface area contributed by atoms with Crippen LogP contribution >= 0.6 is 12.6 Å². The molecule has 24 nitrogen and oxygen atoms in total. The number of carbonyl (C=O) groups excluding carboxylic acids is 10. The van der Waals surface area contributed by atoms with Crippen LogP contribution in [0.1, 0.15) is 156 Å². The molecule has 436 valence electrons. The molecule has 0 radical (unpaired) electrons. The van der Waals surface area contributed by atoms with Gasteiger partial charge in [0.2, 0.25) is 59.1 Å². The van der Waals surface area contributed by atoms with Crippen molar-refractivity contribution >= 4 is 71.7 Å². The average molecular weight is 1100 g/mol. The number of nitrogens with one attached hydrogen (secondary N) is 8. The molecular weight excluding hydrogens is 1000 g/mol. The molecule has 0 aliphatic carbocycles. The van der Waals surface area contributed by atoms with Crippen LogP contribution in [0.15, 0.2) is 0 Å². The lowest BCUT2D eigenvalue weighted by atomic mass is 10.0. The van der Waals surface area contributed by atoms with Gasteiger partial charge in [-0.1, -0.05) is 40.5 Å². The SMILES string of the molecule is CC(C)[C@@H]1NC(=O)CCCCC(=O)N[C@@H](CCCCN)C(=O)N[C@@H](CCCCN)C(=O)N[C@@H](CCCCN)C(=O)N(CC(=O)N[C@@H](CCCCN)C(=O)N[C@H](C(=O)N[C@@H](CS)C(N)=O)C(C)C)CCCCCCNC1=O. The van der Waals surface area contributed by atoms with Crippen molar-refractivity contribution in [3.63, 3.8) is 0 Å². The molecule has 0 aromatic heterocycles. The third-order valence-corrected chi connectivity index (χ3v) is 13.4. The molecule has 1 heterocycles. The van der Waals surface area contributed by atoms with Crippen molar-refractivity contribution in [1.29, 1.82) is 0 Å². The van der Waals surface area contributed by atoms with Crippen molar-refractivity contribution in [3.05, 3.63) is 0 Å². The minimum atomic E-state index is -1.18. The quantitative estimate of drug-likeness (QED) is 0.0336. The first-order chi connectivity index (χ1) is 36.2. The van der Waals surface area contributed by atoms with E-state index in [1.165, 1.54) is 4.90 Å². The summed E-state index contributed by atoms with van der Waals surface area (Å²) in [4.78, 5) is 137. The van der Waals surface area contributed by atoms with E-state index >= 15 is 0 Å². The van der Waals surface area contributed by atoms with Crippen LogP contribution < -0.4 is 71.2 Å². The standard InChI is InChI=1S/C51H96N14O10S/c1-33(2)43-49(73)57-29-17-5-6-18-30-65(31-42(68)59-36(20-10-14-26-53)48(72)64-44(34(3)4)50(74)62-39(32-76)45(56)69)51(75)38(22-12-16-28-55)61-47(71)37(21-11-15-27-54)60-46(70)35(19-9-13-25-52)58-40(66)23-7-8-24-41(67)63-43/h33-39,43-44,76H,5-32,52-55H2,1-4H3,(H2,56,69)(H,57,73)(H,58,66)(H,59,68)(H,60,70)(H,61,71)(H,62,74)(H,63,67)(H,64,72)/t35-,36-,37-,38-,39-,43-,44-/m0/s1. The largest absolute Gasteiger partial charge is 0.368 e. The number of amides is 10. The Bertz CT molecular complexity index is 1810. The van der Waals surface area contributed by atoms with Gasteiger partial charge in [-0.25, -0.2) is 0 Å². The van der Waals surface area contributed by atoms with Crippen LogP contribution in [0.4, 0.5) is 0 Å². The van der Waals surface area contributed by atoms with Gasteiger partial charge in [-0.15, -0.1) is 0 Å². The Kier molecular flexibility index (Phi) is 36.4. The highest BCUT2D eigenvalue weighted by Crippen LogP contribution is 2.14. The second-order valence-corrected chi connectivity index (χ2v) is 20.7. The Balaban J connectivity index is 3.74. The molecule has 0 spiro atoms. The zero-order valence-electron chi connectivity index (χ0n) is 45.9. The highest BCUT2D eigenvalue weighted by atomic mass is 32.1. The van der Waals surface area contributed by atoms with Crippen molar-refractivity contribution in [1.82, 2.24) is 47.4 Å². The highest BCUT2D eigenvalue weighted by Gasteiger charge is 2.34. The van der Waals surface area contributed by atoms with Crippen LogP contribution in [0.5, 0.6) is 0 Å². The number of nitrogens with zero attached hydrogens (tertiary/aromatic N) is 1. The number of carbonyl (C=O) groups is 10. The summed E-state index contributed by atoms with van der Waals surface area (Å²) in [5.74, 6) is -6.59. The maximum absolute atomic E-state index is 14.9. The Morgan fingerprint density at radius 1 is 0.592 bits per heavy atom. The molecule has 1 rings (SSSR count). The van der Waals surface area contributed by atoms with E-state index in [0.717, 1.165) is 0 Å². The van der Waals surface area contributed by atoms with E-state index in [1.54, 1.807) is 13.8 Å². The van der Waals surface area contributed by atoms with E-state index in [9.17, 15) is 47.9 Å². The second-order valence-electron chi connectivity index (χ2n) is 20.3. The molecule has 0 saturated carbocycles. The monoisotopic (exact) mass is 1100 g/mol. The predicted octanol–water partition coefficient (Wildman–Crippen LogP) is -1.30. The fourth-order valence-corrected chi connectivity index (χ4v) is 8.73. The number of rotatable bonds is 27. The van der Waals surface area contributed by atoms with Crippen LogP contribution in [-0.2, 0) is 47.9 Å². The number of nitrogens with two attached hydrogens (primary N) is 5. The Morgan fingerprint density at radius 3 is 1.63 bits per heavy atom. The fraction of sp³-hybridized carbons (Fsp3) is 0.804. The van der Waals surface area contributed by atoms with Crippen LogP contribution in [0.2, 0.25) is 0 Å². The molecular formula is C51H96N14O10S. The fourth-order valence-electron chi connectivity index (χ4n) is 8.46. The Labute approximate surface area is 456 Å². The molecule has 10 amide bonds. The number of primary amides is 1. The first-order valence-corrected chi connectivity index (χ1v) is 28.2. The van der Waals surface area contributed by atoms with Gasteiger partial charge in [0.1, 0.15) is 42.3 Å². The van der Waals surface area contributed by atoms with Crippen LogP contribution in [-0.4, -0.2) is 158 Å². The minimum absolute atomic E-state index is 0.0139. The molecule has 0 bridgehead atoms. The lowest BCUT2D eigenvalue weighted by Gasteiger charge is -2.30. The van der Waals surface area contributed by atoms with E-state index in [0.29, 0.717) is 123 Å². The van der Waals surface area contributed by atoms with Gasteiger partial charge in [-0.05, 0) is 141 Å². The molecule has 18 N–H and O–H groups in total. The molecule has 0 aromatic rings.